The van der Waals surface area contributed by atoms with Gasteiger partial charge in [-0.1, -0.05) is 42.5 Å². The summed E-state index contributed by atoms with van der Waals surface area (Å²) in [7, 11) is -3.47. The number of sulfonamides is 1. The Hall–Kier alpha value is -1.17. The van der Waals surface area contributed by atoms with Crippen LogP contribution in [0.5, 0.6) is 0 Å². The predicted octanol–water partition coefficient (Wildman–Crippen LogP) is 3.28. The summed E-state index contributed by atoms with van der Waals surface area (Å²) in [6, 6.07) is 16.9. The van der Waals surface area contributed by atoms with E-state index >= 15 is 0 Å². The molecule has 1 N–H and O–H groups in total. The standard InChI is InChI=1S/C15H14BrNO2S/c16-13-8-4-5-9-15(13)20(18,19)17-14-10-12(14)11-6-2-1-3-7-11/h1-9,12,14,17H,10H2. The molecule has 1 aliphatic carbocycles. The summed E-state index contributed by atoms with van der Waals surface area (Å²) >= 11 is 3.28. The van der Waals surface area contributed by atoms with Crippen molar-refractivity contribution in [2.24, 2.45) is 0 Å². The first-order chi connectivity index (χ1) is 9.58. The second kappa shape index (κ2) is 5.31. The average Bonchev–Trinajstić information content (AvgIpc) is 3.18. The van der Waals surface area contributed by atoms with Gasteiger partial charge in [0.05, 0.1) is 4.90 Å². The third kappa shape index (κ3) is 2.80. The molecule has 0 bridgehead atoms. The molecule has 0 radical (unpaired) electrons. The Morgan fingerprint density at radius 3 is 2.35 bits per heavy atom. The van der Waals surface area contributed by atoms with Crippen LogP contribution in [0.25, 0.3) is 0 Å². The zero-order valence-corrected chi connectivity index (χ0v) is 13.1. The second-order valence-electron chi connectivity index (χ2n) is 4.91. The van der Waals surface area contributed by atoms with Crippen molar-refractivity contribution in [1.29, 1.82) is 0 Å². The minimum absolute atomic E-state index is 0.00509. The molecule has 0 aliphatic heterocycles. The Balaban J connectivity index is 1.75. The van der Waals surface area contributed by atoms with E-state index in [0.717, 1.165) is 6.42 Å². The molecule has 0 spiro atoms. The molecule has 5 heteroatoms. The third-order valence-corrected chi connectivity index (χ3v) is 5.95. The highest BCUT2D eigenvalue weighted by atomic mass is 79.9. The molecule has 20 heavy (non-hydrogen) atoms. The maximum absolute atomic E-state index is 12.3. The summed E-state index contributed by atoms with van der Waals surface area (Å²) < 4.78 is 28.0. The summed E-state index contributed by atoms with van der Waals surface area (Å²) in [6.45, 7) is 0. The molecular formula is C15H14BrNO2S. The lowest BCUT2D eigenvalue weighted by Crippen LogP contribution is -2.27. The molecule has 2 aromatic rings. The highest BCUT2D eigenvalue weighted by Gasteiger charge is 2.41. The van der Waals surface area contributed by atoms with Gasteiger partial charge in [0.2, 0.25) is 10.0 Å². The van der Waals surface area contributed by atoms with E-state index in [-0.39, 0.29) is 12.0 Å². The molecular weight excluding hydrogens is 338 g/mol. The number of rotatable bonds is 4. The van der Waals surface area contributed by atoms with Gasteiger partial charge in [-0.15, -0.1) is 0 Å². The van der Waals surface area contributed by atoms with Gasteiger partial charge in [-0.05, 0) is 40.0 Å². The van der Waals surface area contributed by atoms with Crippen LogP contribution in [-0.2, 0) is 10.0 Å². The molecule has 0 heterocycles. The number of halogens is 1. The van der Waals surface area contributed by atoms with Gasteiger partial charge in [-0.3, -0.25) is 0 Å². The van der Waals surface area contributed by atoms with Crippen molar-refractivity contribution in [3.8, 4) is 0 Å². The smallest absolute Gasteiger partial charge is 0.207 e. The minimum Gasteiger partial charge on any atom is -0.207 e. The minimum atomic E-state index is -3.47. The van der Waals surface area contributed by atoms with Crippen LogP contribution in [0.3, 0.4) is 0 Å². The van der Waals surface area contributed by atoms with E-state index in [2.05, 4.69) is 20.7 Å². The highest BCUT2D eigenvalue weighted by molar-refractivity contribution is 9.10. The van der Waals surface area contributed by atoms with Crippen molar-refractivity contribution < 1.29 is 8.42 Å². The van der Waals surface area contributed by atoms with E-state index in [9.17, 15) is 8.42 Å². The largest absolute Gasteiger partial charge is 0.241 e. The fraction of sp³-hybridized carbons (Fsp3) is 0.200. The van der Waals surface area contributed by atoms with Gasteiger partial charge in [0, 0.05) is 16.4 Å². The van der Waals surface area contributed by atoms with Gasteiger partial charge in [-0.25, -0.2) is 13.1 Å². The maximum atomic E-state index is 12.3. The third-order valence-electron chi connectivity index (χ3n) is 3.45. The molecule has 0 saturated heterocycles. The van der Waals surface area contributed by atoms with Crippen LogP contribution in [0.4, 0.5) is 0 Å². The van der Waals surface area contributed by atoms with Crippen LogP contribution < -0.4 is 4.72 Å². The molecule has 0 amide bonds. The van der Waals surface area contributed by atoms with Gasteiger partial charge in [-0.2, -0.15) is 0 Å². The molecule has 2 unspecified atom stereocenters. The first kappa shape index (κ1) is 13.8. The van der Waals surface area contributed by atoms with Crippen LogP contribution >= 0.6 is 15.9 Å². The number of hydrogen-bond donors (Lipinski definition) is 1. The van der Waals surface area contributed by atoms with Gasteiger partial charge in [0.1, 0.15) is 0 Å². The Labute approximate surface area is 127 Å². The molecule has 2 atom stereocenters. The van der Waals surface area contributed by atoms with Crippen molar-refractivity contribution >= 4 is 26.0 Å². The Kier molecular flexibility index (Phi) is 3.67. The van der Waals surface area contributed by atoms with Crippen LogP contribution in [0, 0.1) is 0 Å². The van der Waals surface area contributed by atoms with Gasteiger partial charge < -0.3 is 0 Å². The van der Waals surface area contributed by atoms with Crippen molar-refractivity contribution in [2.75, 3.05) is 0 Å². The molecule has 104 valence electrons. The molecule has 1 aliphatic rings. The molecule has 1 fully saturated rings. The fourth-order valence-electron chi connectivity index (χ4n) is 2.32. The van der Waals surface area contributed by atoms with E-state index in [1.165, 1.54) is 5.56 Å². The number of hydrogen-bond acceptors (Lipinski definition) is 2. The molecule has 3 nitrogen and oxygen atoms in total. The Morgan fingerprint density at radius 2 is 1.65 bits per heavy atom. The zero-order valence-electron chi connectivity index (χ0n) is 10.7. The first-order valence-electron chi connectivity index (χ1n) is 6.40. The van der Waals surface area contributed by atoms with Gasteiger partial charge in [0.15, 0.2) is 0 Å². The summed E-state index contributed by atoms with van der Waals surface area (Å²) in [4.78, 5) is 0.290. The highest BCUT2D eigenvalue weighted by Crippen LogP contribution is 2.41. The molecule has 1 saturated carbocycles. The SMILES string of the molecule is O=S(=O)(NC1CC1c1ccccc1)c1ccccc1Br. The van der Waals surface area contributed by atoms with Crippen molar-refractivity contribution in [3.63, 3.8) is 0 Å². The first-order valence-corrected chi connectivity index (χ1v) is 8.67. The molecule has 2 aromatic carbocycles. The topological polar surface area (TPSA) is 46.2 Å². The average molecular weight is 352 g/mol. The normalized spacial score (nSPS) is 21.6. The Morgan fingerprint density at radius 1 is 1.00 bits per heavy atom. The molecule has 3 rings (SSSR count). The lowest BCUT2D eigenvalue weighted by molar-refractivity contribution is 0.579. The number of benzene rings is 2. The van der Waals surface area contributed by atoms with E-state index < -0.39 is 10.0 Å². The summed E-state index contributed by atoms with van der Waals surface area (Å²) in [5.41, 5.74) is 1.19. The summed E-state index contributed by atoms with van der Waals surface area (Å²) in [5, 5.41) is 0. The predicted molar refractivity (Wildman–Crippen MR) is 82.1 cm³/mol. The van der Waals surface area contributed by atoms with E-state index in [1.807, 2.05) is 30.3 Å². The summed E-state index contributed by atoms with van der Waals surface area (Å²) in [6.07, 6.45) is 0.855. The zero-order chi connectivity index (χ0) is 14.2. The summed E-state index contributed by atoms with van der Waals surface area (Å²) in [5.74, 6) is 0.286. The van der Waals surface area contributed by atoms with Crippen LogP contribution in [0.2, 0.25) is 0 Å². The second-order valence-corrected chi connectivity index (χ2v) is 7.45. The quantitative estimate of drug-likeness (QED) is 0.918. The van der Waals surface area contributed by atoms with E-state index in [1.54, 1.807) is 24.3 Å². The van der Waals surface area contributed by atoms with Crippen LogP contribution in [0.1, 0.15) is 17.9 Å². The van der Waals surface area contributed by atoms with E-state index in [0.29, 0.717) is 9.37 Å². The van der Waals surface area contributed by atoms with Crippen molar-refractivity contribution in [2.45, 2.75) is 23.3 Å². The fourth-order valence-corrected chi connectivity index (χ4v) is 4.61. The Bertz CT molecular complexity index is 716. The lowest BCUT2D eigenvalue weighted by Gasteiger charge is -2.08. The van der Waals surface area contributed by atoms with Crippen molar-refractivity contribution in [3.05, 3.63) is 64.6 Å². The van der Waals surface area contributed by atoms with Crippen LogP contribution in [-0.4, -0.2) is 14.5 Å². The number of nitrogens with one attached hydrogen (secondary N) is 1. The lowest BCUT2D eigenvalue weighted by atomic mass is 10.1. The maximum Gasteiger partial charge on any atom is 0.241 e. The van der Waals surface area contributed by atoms with E-state index in [4.69, 9.17) is 0 Å². The van der Waals surface area contributed by atoms with Gasteiger partial charge in [0.25, 0.3) is 0 Å². The molecule has 0 aromatic heterocycles. The van der Waals surface area contributed by atoms with Crippen molar-refractivity contribution in [1.82, 2.24) is 4.72 Å². The van der Waals surface area contributed by atoms with Gasteiger partial charge >= 0.3 is 0 Å². The van der Waals surface area contributed by atoms with Crippen LogP contribution in [0.15, 0.2) is 64.0 Å². The monoisotopic (exact) mass is 351 g/mol.